The molecular weight excluding hydrogens is 386 g/mol. The number of hydrogen-bond acceptors (Lipinski definition) is 5. The molecule has 0 bridgehead atoms. The number of thiazole rings is 1. The largest absolute Gasteiger partial charge is 0.376 e. The molecule has 0 aliphatic carbocycles. The van der Waals surface area contributed by atoms with E-state index in [2.05, 4.69) is 10.3 Å². The number of anilines is 1. The van der Waals surface area contributed by atoms with Crippen LogP contribution in [0.2, 0.25) is 0 Å². The van der Waals surface area contributed by atoms with Crippen LogP contribution in [-0.4, -0.2) is 36.3 Å². The Bertz CT molecular complexity index is 806. The summed E-state index contributed by atoms with van der Waals surface area (Å²) in [6.07, 6.45) is 3.27. The molecule has 1 aliphatic heterocycles. The maximum Gasteiger partial charge on any atom is 0.255 e. The molecule has 1 N–H and O–H groups in total. The Balaban J connectivity index is 1.58. The number of amides is 1. The summed E-state index contributed by atoms with van der Waals surface area (Å²) < 4.78 is 38.2. The first kappa shape index (κ1) is 20.8. The van der Waals surface area contributed by atoms with Gasteiger partial charge in [0.05, 0.1) is 12.7 Å². The Morgan fingerprint density at radius 1 is 1.43 bits per heavy atom. The van der Waals surface area contributed by atoms with Gasteiger partial charge in [-0.25, -0.2) is 13.8 Å². The normalized spacial score (nSPS) is 17.8. The summed E-state index contributed by atoms with van der Waals surface area (Å²) in [4.78, 5) is 17.6. The standard InChI is InChI=1S/C20H24F2N2O3S/c1-12(2)18(27-11-15-4-3-7-26-15)19(25)24-20-23-10-16(28-20)8-13-5-6-14(21)9-17(13)22/h5-6,9-10,12,15,18H,3-4,7-8,11H2,1-2H3,(H,23,24,25). The van der Waals surface area contributed by atoms with Crippen molar-refractivity contribution in [2.45, 2.75) is 45.3 Å². The number of aromatic nitrogens is 1. The molecule has 8 heteroatoms. The number of rotatable bonds is 8. The Morgan fingerprint density at radius 3 is 2.93 bits per heavy atom. The van der Waals surface area contributed by atoms with Crippen LogP contribution in [-0.2, 0) is 20.7 Å². The number of hydrogen-bond donors (Lipinski definition) is 1. The van der Waals surface area contributed by atoms with E-state index in [0.29, 0.717) is 17.3 Å². The van der Waals surface area contributed by atoms with Crippen molar-refractivity contribution in [3.8, 4) is 0 Å². The zero-order valence-electron chi connectivity index (χ0n) is 15.9. The molecule has 1 aromatic carbocycles. The van der Waals surface area contributed by atoms with Crippen molar-refractivity contribution in [3.05, 3.63) is 46.5 Å². The van der Waals surface area contributed by atoms with Gasteiger partial charge < -0.3 is 9.47 Å². The predicted molar refractivity (Wildman–Crippen MR) is 103 cm³/mol. The topological polar surface area (TPSA) is 60.5 Å². The van der Waals surface area contributed by atoms with Crippen molar-refractivity contribution in [1.29, 1.82) is 0 Å². The molecule has 1 aliphatic rings. The van der Waals surface area contributed by atoms with Gasteiger partial charge in [-0.1, -0.05) is 19.9 Å². The molecule has 2 unspecified atom stereocenters. The number of carbonyl (C=O) groups excluding carboxylic acids is 1. The number of benzene rings is 1. The number of ether oxygens (including phenoxy) is 2. The van der Waals surface area contributed by atoms with Gasteiger partial charge in [0.2, 0.25) is 0 Å². The number of carbonyl (C=O) groups is 1. The first-order chi connectivity index (χ1) is 13.4. The van der Waals surface area contributed by atoms with E-state index in [1.165, 1.54) is 23.5 Å². The van der Waals surface area contributed by atoms with Gasteiger partial charge in [0.15, 0.2) is 5.13 Å². The van der Waals surface area contributed by atoms with Crippen LogP contribution in [0.15, 0.2) is 24.4 Å². The third kappa shape index (κ3) is 5.56. The van der Waals surface area contributed by atoms with E-state index in [9.17, 15) is 13.6 Å². The Kier molecular flexibility index (Phi) is 7.09. The summed E-state index contributed by atoms with van der Waals surface area (Å²) in [5.41, 5.74) is 0.378. The Labute approximate surface area is 167 Å². The van der Waals surface area contributed by atoms with Crippen molar-refractivity contribution in [1.82, 2.24) is 4.98 Å². The van der Waals surface area contributed by atoms with Crippen molar-refractivity contribution >= 4 is 22.4 Å². The van der Waals surface area contributed by atoms with Gasteiger partial charge in [-0.3, -0.25) is 10.1 Å². The Morgan fingerprint density at radius 2 is 2.25 bits per heavy atom. The molecule has 0 radical (unpaired) electrons. The first-order valence-corrected chi connectivity index (χ1v) is 10.2. The van der Waals surface area contributed by atoms with Crippen LogP contribution in [0.1, 0.15) is 37.1 Å². The minimum absolute atomic E-state index is 0.00542. The lowest BCUT2D eigenvalue weighted by molar-refractivity contribution is -0.132. The third-order valence-corrected chi connectivity index (χ3v) is 5.43. The van der Waals surface area contributed by atoms with Crippen molar-refractivity contribution in [2.24, 2.45) is 5.92 Å². The highest BCUT2D eigenvalue weighted by Crippen LogP contribution is 2.24. The fraction of sp³-hybridized carbons (Fsp3) is 0.500. The van der Waals surface area contributed by atoms with Crippen LogP contribution in [0.5, 0.6) is 0 Å². The average molecular weight is 410 g/mol. The van der Waals surface area contributed by atoms with E-state index < -0.39 is 17.7 Å². The quantitative estimate of drug-likeness (QED) is 0.710. The molecule has 0 saturated carbocycles. The van der Waals surface area contributed by atoms with E-state index in [1.807, 2.05) is 13.8 Å². The van der Waals surface area contributed by atoms with Crippen LogP contribution < -0.4 is 5.32 Å². The van der Waals surface area contributed by atoms with Crippen molar-refractivity contribution in [3.63, 3.8) is 0 Å². The molecule has 5 nitrogen and oxygen atoms in total. The molecule has 3 rings (SSSR count). The van der Waals surface area contributed by atoms with E-state index in [4.69, 9.17) is 9.47 Å². The van der Waals surface area contributed by atoms with Crippen molar-refractivity contribution in [2.75, 3.05) is 18.5 Å². The number of nitrogens with one attached hydrogen (secondary N) is 1. The zero-order chi connectivity index (χ0) is 20.1. The maximum absolute atomic E-state index is 13.8. The second-order valence-electron chi connectivity index (χ2n) is 7.17. The van der Waals surface area contributed by atoms with E-state index >= 15 is 0 Å². The molecule has 1 fully saturated rings. The second-order valence-corrected chi connectivity index (χ2v) is 8.28. The second kappa shape index (κ2) is 9.54. The molecule has 152 valence electrons. The summed E-state index contributed by atoms with van der Waals surface area (Å²) in [6.45, 7) is 4.97. The van der Waals surface area contributed by atoms with E-state index in [-0.39, 0.29) is 24.3 Å². The zero-order valence-corrected chi connectivity index (χ0v) is 16.7. The molecular formula is C20H24F2N2O3S. The lowest BCUT2D eigenvalue weighted by Crippen LogP contribution is -2.36. The molecule has 1 amide bonds. The van der Waals surface area contributed by atoms with Gasteiger partial charge in [-0.2, -0.15) is 0 Å². The first-order valence-electron chi connectivity index (χ1n) is 9.35. The lowest BCUT2D eigenvalue weighted by Gasteiger charge is -2.21. The maximum atomic E-state index is 13.8. The molecule has 28 heavy (non-hydrogen) atoms. The molecule has 1 aromatic heterocycles. The monoisotopic (exact) mass is 410 g/mol. The third-order valence-electron chi connectivity index (χ3n) is 4.51. The summed E-state index contributed by atoms with van der Waals surface area (Å²) in [6, 6.07) is 3.49. The highest BCUT2D eigenvalue weighted by atomic mass is 32.1. The fourth-order valence-corrected chi connectivity index (χ4v) is 3.87. The summed E-state index contributed by atoms with van der Waals surface area (Å²) in [5.74, 6) is -1.47. The average Bonchev–Trinajstić information content (AvgIpc) is 3.29. The smallest absolute Gasteiger partial charge is 0.255 e. The molecule has 1 saturated heterocycles. The van der Waals surface area contributed by atoms with Crippen LogP contribution in [0.3, 0.4) is 0 Å². The summed E-state index contributed by atoms with van der Waals surface area (Å²) in [7, 11) is 0. The molecule has 0 spiro atoms. The van der Waals surface area contributed by atoms with Gasteiger partial charge in [0.1, 0.15) is 17.7 Å². The van der Waals surface area contributed by atoms with Gasteiger partial charge >= 0.3 is 0 Å². The summed E-state index contributed by atoms with van der Waals surface area (Å²) >= 11 is 1.26. The van der Waals surface area contributed by atoms with E-state index in [1.54, 1.807) is 6.20 Å². The number of halogens is 2. The minimum atomic E-state index is -0.610. The predicted octanol–water partition coefficient (Wildman–Crippen LogP) is 4.17. The van der Waals surface area contributed by atoms with Crippen LogP contribution in [0.25, 0.3) is 0 Å². The lowest BCUT2D eigenvalue weighted by atomic mass is 10.1. The van der Waals surface area contributed by atoms with Crippen molar-refractivity contribution < 1.29 is 23.0 Å². The van der Waals surface area contributed by atoms with Gasteiger partial charge in [-0.05, 0) is 30.4 Å². The van der Waals surface area contributed by atoms with E-state index in [0.717, 1.165) is 30.4 Å². The number of nitrogens with zero attached hydrogens (tertiary/aromatic N) is 1. The summed E-state index contributed by atoms with van der Waals surface area (Å²) in [5, 5.41) is 3.20. The minimum Gasteiger partial charge on any atom is -0.376 e. The SMILES string of the molecule is CC(C)C(OCC1CCCO1)C(=O)Nc1ncc(Cc2ccc(F)cc2F)s1. The molecule has 2 heterocycles. The van der Waals surface area contributed by atoms with Gasteiger partial charge in [-0.15, -0.1) is 11.3 Å². The highest BCUT2D eigenvalue weighted by Gasteiger charge is 2.26. The molecule has 2 atom stereocenters. The van der Waals surface area contributed by atoms with Gasteiger partial charge in [0.25, 0.3) is 5.91 Å². The van der Waals surface area contributed by atoms with Crippen LogP contribution in [0, 0.1) is 17.6 Å². The van der Waals surface area contributed by atoms with Crippen LogP contribution in [0.4, 0.5) is 13.9 Å². The fourth-order valence-electron chi connectivity index (χ4n) is 3.03. The van der Waals surface area contributed by atoms with Gasteiger partial charge in [0, 0.05) is 30.2 Å². The highest BCUT2D eigenvalue weighted by molar-refractivity contribution is 7.15. The van der Waals surface area contributed by atoms with Crippen LogP contribution >= 0.6 is 11.3 Å². The molecule has 2 aromatic rings. The Hall–Kier alpha value is -1.90.